The highest BCUT2D eigenvalue weighted by Crippen LogP contribution is 2.43. The van der Waals surface area contributed by atoms with Gasteiger partial charge in [0.15, 0.2) is 5.69 Å². The van der Waals surface area contributed by atoms with Crippen LogP contribution >= 0.6 is 0 Å². The zero-order chi connectivity index (χ0) is 20.8. The number of fused-ring (bicyclic) bond motifs is 1. The van der Waals surface area contributed by atoms with Crippen LogP contribution in [0.15, 0.2) is 54.6 Å². The Kier molecular flexibility index (Phi) is 4.68. The molecule has 0 aliphatic carbocycles. The Morgan fingerprint density at radius 3 is 2.48 bits per heavy atom. The van der Waals surface area contributed by atoms with Crippen LogP contribution in [-0.4, -0.2) is 21.0 Å². The standard InChI is InChI=1S/C22H20F3N3O/c1-13(2)18-17-19(27-26-18)21(29)28(12-14-7-4-3-5-8-14)20(17)15-9-6-10-16(11-15)22(23,24)25/h3-11,13,20H,12H2,1-2H3,(H,26,27). The Hall–Kier alpha value is -3.09. The van der Waals surface area contributed by atoms with Crippen molar-refractivity contribution in [2.24, 2.45) is 0 Å². The second-order valence-electron chi connectivity index (χ2n) is 7.50. The number of nitrogens with one attached hydrogen (secondary N) is 1. The highest BCUT2D eigenvalue weighted by Gasteiger charge is 2.43. The first-order valence-corrected chi connectivity index (χ1v) is 9.37. The van der Waals surface area contributed by atoms with E-state index in [2.05, 4.69) is 10.2 Å². The van der Waals surface area contributed by atoms with E-state index in [9.17, 15) is 18.0 Å². The number of rotatable bonds is 4. The van der Waals surface area contributed by atoms with Crippen LogP contribution in [0, 0.1) is 0 Å². The van der Waals surface area contributed by atoms with Crippen LogP contribution in [-0.2, 0) is 12.7 Å². The molecule has 1 aromatic heterocycles. The molecular formula is C22H20F3N3O. The maximum atomic E-state index is 13.3. The summed E-state index contributed by atoms with van der Waals surface area (Å²) in [7, 11) is 0. The molecule has 1 atom stereocenters. The molecule has 2 aromatic carbocycles. The number of aromatic nitrogens is 2. The number of carbonyl (C=O) groups is 1. The monoisotopic (exact) mass is 399 g/mol. The number of H-pyrrole nitrogens is 1. The average molecular weight is 399 g/mol. The molecule has 1 N–H and O–H groups in total. The van der Waals surface area contributed by atoms with Crippen LogP contribution in [0.2, 0.25) is 0 Å². The first-order valence-electron chi connectivity index (χ1n) is 9.37. The van der Waals surface area contributed by atoms with E-state index in [0.717, 1.165) is 23.4 Å². The lowest BCUT2D eigenvalue weighted by Crippen LogP contribution is -2.29. The molecule has 1 aliphatic rings. The number of hydrogen-bond donors (Lipinski definition) is 1. The van der Waals surface area contributed by atoms with Crippen LogP contribution in [0.5, 0.6) is 0 Å². The van der Waals surface area contributed by atoms with Gasteiger partial charge in [0.05, 0.1) is 11.6 Å². The maximum absolute atomic E-state index is 13.3. The molecular weight excluding hydrogens is 379 g/mol. The summed E-state index contributed by atoms with van der Waals surface area (Å²) in [5.74, 6) is -0.238. The van der Waals surface area contributed by atoms with Crippen molar-refractivity contribution in [1.82, 2.24) is 15.1 Å². The van der Waals surface area contributed by atoms with Gasteiger partial charge in [-0.25, -0.2) is 0 Å². The first-order chi connectivity index (χ1) is 13.8. The summed E-state index contributed by atoms with van der Waals surface area (Å²) in [5, 5.41) is 7.11. The zero-order valence-corrected chi connectivity index (χ0v) is 16.0. The minimum absolute atomic E-state index is 0.0454. The summed E-state index contributed by atoms with van der Waals surface area (Å²) >= 11 is 0. The summed E-state index contributed by atoms with van der Waals surface area (Å²) in [6.07, 6.45) is -4.46. The van der Waals surface area contributed by atoms with Gasteiger partial charge in [-0.1, -0.05) is 56.3 Å². The molecule has 0 radical (unpaired) electrons. The number of alkyl halides is 3. The van der Waals surface area contributed by atoms with Gasteiger partial charge in [-0.2, -0.15) is 18.3 Å². The third-order valence-electron chi connectivity index (χ3n) is 5.18. The number of nitrogens with zero attached hydrogens (tertiary/aromatic N) is 2. The summed E-state index contributed by atoms with van der Waals surface area (Å²) in [6.45, 7) is 4.21. The molecule has 1 aliphatic heterocycles. The Morgan fingerprint density at radius 2 is 1.83 bits per heavy atom. The highest BCUT2D eigenvalue weighted by molar-refractivity contribution is 5.98. The molecule has 4 nitrogen and oxygen atoms in total. The molecule has 0 spiro atoms. The molecule has 4 rings (SSSR count). The predicted molar refractivity (Wildman–Crippen MR) is 102 cm³/mol. The van der Waals surface area contributed by atoms with Gasteiger partial charge < -0.3 is 4.90 Å². The quantitative estimate of drug-likeness (QED) is 0.647. The van der Waals surface area contributed by atoms with Crippen molar-refractivity contribution in [2.75, 3.05) is 0 Å². The third-order valence-corrected chi connectivity index (χ3v) is 5.18. The van der Waals surface area contributed by atoms with Crippen molar-refractivity contribution in [2.45, 2.75) is 38.5 Å². The number of hydrogen-bond acceptors (Lipinski definition) is 2. The maximum Gasteiger partial charge on any atom is 0.416 e. The summed E-state index contributed by atoms with van der Waals surface area (Å²) in [5.41, 5.74) is 2.31. The van der Waals surface area contributed by atoms with Gasteiger partial charge in [-0.05, 0) is 29.2 Å². The van der Waals surface area contributed by atoms with Crippen LogP contribution in [0.3, 0.4) is 0 Å². The Bertz CT molecular complexity index is 1040. The molecule has 2 heterocycles. The fourth-order valence-electron chi connectivity index (χ4n) is 3.83. The molecule has 150 valence electrons. The predicted octanol–water partition coefficient (Wildman–Crippen LogP) is 5.30. The normalized spacial score (nSPS) is 16.6. The minimum atomic E-state index is -4.46. The smallest absolute Gasteiger partial charge is 0.322 e. The summed E-state index contributed by atoms with van der Waals surface area (Å²) in [6, 6.07) is 14.0. The lowest BCUT2D eigenvalue weighted by Gasteiger charge is -2.27. The lowest BCUT2D eigenvalue weighted by atomic mass is 9.93. The minimum Gasteiger partial charge on any atom is -0.322 e. The van der Waals surface area contributed by atoms with Crippen molar-refractivity contribution >= 4 is 5.91 Å². The zero-order valence-electron chi connectivity index (χ0n) is 16.0. The molecule has 0 saturated heterocycles. The van der Waals surface area contributed by atoms with E-state index in [1.54, 1.807) is 11.0 Å². The van der Waals surface area contributed by atoms with Gasteiger partial charge in [0.1, 0.15) is 0 Å². The van der Waals surface area contributed by atoms with E-state index >= 15 is 0 Å². The van der Waals surface area contributed by atoms with Gasteiger partial charge >= 0.3 is 6.18 Å². The van der Waals surface area contributed by atoms with Crippen molar-refractivity contribution in [3.63, 3.8) is 0 Å². The van der Waals surface area contributed by atoms with Crippen LogP contribution in [0.1, 0.15) is 64.2 Å². The van der Waals surface area contributed by atoms with E-state index in [-0.39, 0.29) is 24.1 Å². The topological polar surface area (TPSA) is 49.0 Å². The van der Waals surface area contributed by atoms with Crippen molar-refractivity contribution in [3.05, 3.63) is 88.2 Å². The van der Waals surface area contributed by atoms with E-state index in [1.807, 2.05) is 44.2 Å². The van der Waals surface area contributed by atoms with Crippen LogP contribution < -0.4 is 0 Å². The van der Waals surface area contributed by atoms with Gasteiger partial charge in [-0.15, -0.1) is 0 Å². The molecule has 0 saturated carbocycles. The highest BCUT2D eigenvalue weighted by atomic mass is 19.4. The molecule has 1 amide bonds. The number of aromatic amines is 1. The van der Waals surface area contributed by atoms with Gasteiger partial charge in [0, 0.05) is 17.8 Å². The second kappa shape index (κ2) is 7.06. The number of benzene rings is 2. The molecule has 0 fully saturated rings. The molecule has 3 aromatic rings. The van der Waals surface area contributed by atoms with Crippen molar-refractivity contribution in [3.8, 4) is 0 Å². The Morgan fingerprint density at radius 1 is 1.10 bits per heavy atom. The van der Waals surface area contributed by atoms with E-state index in [4.69, 9.17) is 0 Å². The van der Waals surface area contributed by atoms with Gasteiger partial charge in [0.2, 0.25) is 0 Å². The molecule has 29 heavy (non-hydrogen) atoms. The first kappa shape index (κ1) is 19.2. The van der Waals surface area contributed by atoms with Crippen molar-refractivity contribution in [1.29, 1.82) is 0 Å². The van der Waals surface area contributed by atoms with Gasteiger partial charge in [0.25, 0.3) is 5.91 Å². The lowest BCUT2D eigenvalue weighted by molar-refractivity contribution is -0.137. The number of halogens is 3. The SMILES string of the molecule is CC(C)c1[nH]nc2c1C(c1cccc(C(F)(F)F)c1)N(Cc1ccccc1)C2=O. The Labute approximate surface area is 166 Å². The van der Waals surface area contributed by atoms with Gasteiger partial charge in [-0.3, -0.25) is 9.89 Å². The average Bonchev–Trinajstić information content (AvgIpc) is 3.22. The second-order valence-corrected chi connectivity index (χ2v) is 7.50. The van der Waals surface area contributed by atoms with Crippen molar-refractivity contribution < 1.29 is 18.0 Å². The Balaban J connectivity index is 1.85. The molecule has 7 heteroatoms. The number of carbonyl (C=O) groups excluding carboxylic acids is 1. The van der Waals surface area contributed by atoms with E-state index < -0.39 is 17.8 Å². The fraction of sp³-hybridized carbons (Fsp3) is 0.273. The number of amides is 1. The largest absolute Gasteiger partial charge is 0.416 e. The molecule has 0 bridgehead atoms. The van der Waals surface area contributed by atoms with Crippen LogP contribution in [0.25, 0.3) is 0 Å². The van der Waals surface area contributed by atoms with Crippen LogP contribution in [0.4, 0.5) is 13.2 Å². The summed E-state index contributed by atoms with van der Waals surface area (Å²) < 4.78 is 40.0. The molecule has 1 unspecified atom stereocenters. The summed E-state index contributed by atoms with van der Waals surface area (Å²) in [4.78, 5) is 14.7. The van der Waals surface area contributed by atoms with E-state index in [0.29, 0.717) is 11.1 Å². The fourth-order valence-corrected chi connectivity index (χ4v) is 3.83. The van der Waals surface area contributed by atoms with E-state index in [1.165, 1.54) is 6.07 Å². The third kappa shape index (κ3) is 3.41.